The van der Waals surface area contributed by atoms with Gasteiger partial charge in [-0.1, -0.05) is 6.07 Å². The van der Waals surface area contributed by atoms with Crippen LogP contribution in [0, 0.1) is 13.8 Å². The first-order chi connectivity index (χ1) is 8.56. The number of benzene rings is 1. The SMILES string of the molecule is Cc1ccc(NC(=O)c2ccc(=O)oc2)cc1C. The zero-order chi connectivity index (χ0) is 13.1. The van der Waals surface area contributed by atoms with E-state index >= 15 is 0 Å². The fourth-order valence-electron chi connectivity index (χ4n) is 1.51. The average Bonchev–Trinajstić information content (AvgIpc) is 2.34. The van der Waals surface area contributed by atoms with Crippen LogP contribution in [0.1, 0.15) is 21.5 Å². The molecule has 92 valence electrons. The Morgan fingerprint density at radius 2 is 1.89 bits per heavy atom. The molecule has 4 heteroatoms. The molecule has 0 unspecified atom stereocenters. The summed E-state index contributed by atoms with van der Waals surface area (Å²) in [6.45, 7) is 3.99. The molecule has 0 atom stereocenters. The molecule has 0 saturated heterocycles. The van der Waals surface area contributed by atoms with Crippen molar-refractivity contribution in [2.45, 2.75) is 13.8 Å². The molecule has 0 saturated carbocycles. The van der Waals surface area contributed by atoms with Gasteiger partial charge in [0.25, 0.3) is 5.91 Å². The molecule has 2 rings (SSSR count). The number of aryl methyl sites for hydroxylation is 2. The highest BCUT2D eigenvalue weighted by atomic mass is 16.4. The third-order valence-corrected chi connectivity index (χ3v) is 2.73. The summed E-state index contributed by atoms with van der Waals surface area (Å²) in [7, 11) is 0. The van der Waals surface area contributed by atoms with Gasteiger partial charge in [0.05, 0.1) is 5.56 Å². The molecule has 0 fully saturated rings. The van der Waals surface area contributed by atoms with Gasteiger partial charge in [-0.25, -0.2) is 4.79 Å². The second-order valence-electron chi connectivity index (χ2n) is 4.10. The highest BCUT2D eigenvalue weighted by Crippen LogP contribution is 2.14. The molecule has 0 spiro atoms. The maximum Gasteiger partial charge on any atom is 0.335 e. The van der Waals surface area contributed by atoms with Crippen LogP contribution in [-0.2, 0) is 0 Å². The number of carbonyl (C=O) groups is 1. The van der Waals surface area contributed by atoms with Crippen LogP contribution >= 0.6 is 0 Å². The van der Waals surface area contributed by atoms with Crippen LogP contribution in [-0.4, -0.2) is 5.91 Å². The van der Waals surface area contributed by atoms with E-state index in [4.69, 9.17) is 0 Å². The molecule has 0 bridgehead atoms. The number of carbonyl (C=O) groups excluding carboxylic acids is 1. The van der Waals surface area contributed by atoms with Crippen LogP contribution in [0.3, 0.4) is 0 Å². The molecule has 0 aliphatic heterocycles. The molecule has 1 heterocycles. The van der Waals surface area contributed by atoms with Crippen molar-refractivity contribution in [1.29, 1.82) is 0 Å². The molecule has 2 aromatic rings. The Kier molecular flexibility index (Phi) is 3.28. The quantitative estimate of drug-likeness (QED) is 0.881. The van der Waals surface area contributed by atoms with E-state index in [1.807, 2.05) is 32.0 Å². The van der Waals surface area contributed by atoms with Crippen molar-refractivity contribution >= 4 is 11.6 Å². The summed E-state index contributed by atoms with van der Waals surface area (Å²) in [4.78, 5) is 22.6. The molecule has 1 aromatic heterocycles. The van der Waals surface area contributed by atoms with Gasteiger partial charge < -0.3 is 9.73 Å². The van der Waals surface area contributed by atoms with Crippen molar-refractivity contribution in [3.63, 3.8) is 0 Å². The Labute approximate surface area is 104 Å². The molecule has 1 N–H and O–H groups in total. The summed E-state index contributed by atoms with van der Waals surface area (Å²) >= 11 is 0. The first-order valence-electron chi connectivity index (χ1n) is 5.54. The van der Waals surface area contributed by atoms with Crippen molar-refractivity contribution in [3.8, 4) is 0 Å². The molecule has 18 heavy (non-hydrogen) atoms. The van der Waals surface area contributed by atoms with E-state index in [0.717, 1.165) is 11.8 Å². The normalized spacial score (nSPS) is 10.1. The first-order valence-corrected chi connectivity index (χ1v) is 5.54. The number of hydrogen-bond donors (Lipinski definition) is 1. The molecule has 0 aliphatic rings. The lowest BCUT2D eigenvalue weighted by Crippen LogP contribution is -2.13. The van der Waals surface area contributed by atoms with E-state index in [0.29, 0.717) is 11.3 Å². The molecule has 1 amide bonds. The Morgan fingerprint density at radius 1 is 1.11 bits per heavy atom. The largest absolute Gasteiger partial charge is 0.430 e. The predicted molar refractivity (Wildman–Crippen MR) is 68.8 cm³/mol. The van der Waals surface area contributed by atoms with Crippen LogP contribution in [0.5, 0.6) is 0 Å². The monoisotopic (exact) mass is 243 g/mol. The zero-order valence-corrected chi connectivity index (χ0v) is 10.2. The van der Waals surface area contributed by atoms with E-state index in [-0.39, 0.29) is 5.91 Å². The maximum atomic E-state index is 11.8. The van der Waals surface area contributed by atoms with Crippen LogP contribution in [0.2, 0.25) is 0 Å². The van der Waals surface area contributed by atoms with Gasteiger partial charge in [0.1, 0.15) is 6.26 Å². The van der Waals surface area contributed by atoms with Gasteiger partial charge in [0.2, 0.25) is 0 Å². The fourth-order valence-corrected chi connectivity index (χ4v) is 1.51. The molecule has 1 aromatic carbocycles. The lowest BCUT2D eigenvalue weighted by Gasteiger charge is -2.07. The van der Waals surface area contributed by atoms with Crippen molar-refractivity contribution in [3.05, 3.63) is 63.7 Å². The van der Waals surface area contributed by atoms with E-state index in [9.17, 15) is 9.59 Å². The highest BCUT2D eigenvalue weighted by molar-refractivity contribution is 6.03. The number of rotatable bonds is 2. The Morgan fingerprint density at radius 3 is 2.50 bits per heavy atom. The van der Waals surface area contributed by atoms with Gasteiger partial charge in [0.15, 0.2) is 0 Å². The second-order valence-corrected chi connectivity index (χ2v) is 4.10. The summed E-state index contributed by atoms with van der Waals surface area (Å²) in [6.07, 6.45) is 1.15. The van der Waals surface area contributed by atoms with E-state index in [2.05, 4.69) is 9.73 Å². The lowest BCUT2D eigenvalue weighted by atomic mass is 10.1. The maximum absolute atomic E-state index is 11.8. The van der Waals surface area contributed by atoms with Crippen LogP contribution in [0.25, 0.3) is 0 Å². The van der Waals surface area contributed by atoms with Gasteiger partial charge in [-0.3, -0.25) is 4.79 Å². The summed E-state index contributed by atoms with van der Waals surface area (Å²) in [5.74, 6) is -0.304. The summed E-state index contributed by atoms with van der Waals surface area (Å²) in [6, 6.07) is 8.32. The number of amides is 1. The third-order valence-electron chi connectivity index (χ3n) is 2.73. The van der Waals surface area contributed by atoms with Gasteiger partial charge >= 0.3 is 5.63 Å². The fraction of sp³-hybridized carbons (Fsp3) is 0.143. The van der Waals surface area contributed by atoms with Crippen molar-refractivity contribution in [1.82, 2.24) is 0 Å². The molecule has 0 radical (unpaired) electrons. The second kappa shape index (κ2) is 4.87. The van der Waals surface area contributed by atoms with Crippen LogP contribution in [0.15, 0.2) is 45.8 Å². The van der Waals surface area contributed by atoms with Crippen molar-refractivity contribution in [2.24, 2.45) is 0 Å². The van der Waals surface area contributed by atoms with Gasteiger partial charge in [-0.05, 0) is 43.2 Å². The minimum Gasteiger partial charge on any atom is -0.430 e. The summed E-state index contributed by atoms with van der Waals surface area (Å²) < 4.78 is 4.64. The van der Waals surface area contributed by atoms with Gasteiger partial charge in [-0.15, -0.1) is 0 Å². The molecular weight excluding hydrogens is 230 g/mol. The summed E-state index contributed by atoms with van der Waals surface area (Å²) in [5, 5.41) is 2.74. The number of hydrogen-bond acceptors (Lipinski definition) is 3. The van der Waals surface area contributed by atoms with E-state index in [1.54, 1.807) is 0 Å². The minimum atomic E-state index is -0.474. The summed E-state index contributed by atoms with van der Waals surface area (Å²) in [5.41, 5.74) is 2.82. The molecule has 4 nitrogen and oxygen atoms in total. The zero-order valence-electron chi connectivity index (χ0n) is 10.2. The Balaban J connectivity index is 2.18. The highest BCUT2D eigenvalue weighted by Gasteiger charge is 2.07. The number of nitrogens with one attached hydrogen (secondary N) is 1. The smallest absolute Gasteiger partial charge is 0.335 e. The Hall–Kier alpha value is -2.36. The van der Waals surface area contributed by atoms with Crippen molar-refractivity contribution < 1.29 is 9.21 Å². The Bertz CT molecular complexity index is 623. The average molecular weight is 243 g/mol. The number of anilines is 1. The third kappa shape index (κ3) is 2.66. The standard InChI is InChI=1S/C14H13NO3/c1-9-3-5-12(7-10(9)2)15-14(17)11-4-6-13(16)18-8-11/h3-8H,1-2H3,(H,15,17). The van der Waals surface area contributed by atoms with Crippen molar-refractivity contribution in [2.75, 3.05) is 5.32 Å². The van der Waals surface area contributed by atoms with Gasteiger partial charge in [0, 0.05) is 11.8 Å². The minimum absolute atomic E-state index is 0.304. The van der Waals surface area contributed by atoms with E-state index < -0.39 is 5.63 Å². The molecular formula is C14H13NO3. The first kappa shape index (κ1) is 12.1. The predicted octanol–water partition coefficient (Wildman–Crippen LogP) is 2.51. The topological polar surface area (TPSA) is 59.3 Å². The van der Waals surface area contributed by atoms with E-state index in [1.165, 1.54) is 17.7 Å². The van der Waals surface area contributed by atoms with Crippen LogP contribution in [0.4, 0.5) is 5.69 Å². The van der Waals surface area contributed by atoms with Crippen LogP contribution < -0.4 is 10.9 Å². The molecule has 0 aliphatic carbocycles. The van der Waals surface area contributed by atoms with Gasteiger partial charge in [-0.2, -0.15) is 0 Å². The lowest BCUT2D eigenvalue weighted by molar-refractivity contribution is 0.102.